The summed E-state index contributed by atoms with van der Waals surface area (Å²) in [6.45, 7) is 6.51. The number of urea groups is 1. The van der Waals surface area contributed by atoms with Crippen molar-refractivity contribution in [1.29, 1.82) is 0 Å². The lowest BCUT2D eigenvalue weighted by Crippen LogP contribution is -2.47. The highest BCUT2D eigenvalue weighted by atomic mass is 79.9. The van der Waals surface area contributed by atoms with Gasteiger partial charge in [0, 0.05) is 28.1 Å². The molecule has 2 amide bonds. The summed E-state index contributed by atoms with van der Waals surface area (Å²) in [5.74, 6) is -0.394. The zero-order valence-corrected chi connectivity index (χ0v) is 20.5. The minimum Gasteiger partial charge on any atom is -0.463 e. The number of nitrogens with one attached hydrogen (secondary N) is 3. The first-order chi connectivity index (χ1) is 15.3. The van der Waals surface area contributed by atoms with E-state index in [4.69, 9.17) is 17.0 Å². The molecule has 0 saturated carbocycles. The van der Waals surface area contributed by atoms with Gasteiger partial charge in [-0.15, -0.1) is 0 Å². The highest BCUT2D eigenvalue weighted by Gasteiger charge is 2.34. The Labute approximate surface area is 201 Å². The van der Waals surface area contributed by atoms with Crippen molar-refractivity contribution in [3.63, 3.8) is 0 Å². The molecule has 7 nitrogen and oxygen atoms in total. The van der Waals surface area contributed by atoms with Crippen molar-refractivity contribution >= 4 is 56.6 Å². The SMILES string of the molecule is CCOC(=O)C1=C(C)N(CC)C(=S)NC1c1cccc(NC(=O)Nc2ccc(Br)cc2)c1. The van der Waals surface area contributed by atoms with Crippen molar-refractivity contribution in [3.05, 3.63) is 69.8 Å². The molecule has 0 radical (unpaired) electrons. The van der Waals surface area contributed by atoms with Gasteiger partial charge in [-0.3, -0.25) is 0 Å². The van der Waals surface area contributed by atoms with E-state index in [1.54, 1.807) is 25.1 Å². The Morgan fingerprint density at radius 2 is 1.81 bits per heavy atom. The molecule has 0 bridgehead atoms. The van der Waals surface area contributed by atoms with E-state index in [1.807, 2.05) is 49.1 Å². The molecule has 0 fully saturated rings. The minimum absolute atomic E-state index is 0.275. The maximum atomic E-state index is 12.8. The van der Waals surface area contributed by atoms with Crippen molar-refractivity contribution in [1.82, 2.24) is 10.2 Å². The van der Waals surface area contributed by atoms with Crippen LogP contribution in [0.2, 0.25) is 0 Å². The fraction of sp³-hybridized carbons (Fsp3) is 0.261. The van der Waals surface area contributed by atoms with E-state index in [0.717, 1.165) is 15.7 Å². The average Bonchev–Trinajstić information content (AvgIpc) is 2.75. The van der Waals surface area contributed by atoms with Crippen molar-refractivity contribution < 1.29 is 14.3 Å². The van der Waals surface area contributed by atoms with Crippen LogP contribution in [0.3, 0.4) is 0 Å². The monoisotopic (exact) mass is 516 g/mol. The molecular weight excluding hydrogens is 492 g/mol. The molecule has 2 aromatic carbocycles. The highest BCUT2D eigenvalue weighted by molar-refractivity contribution is 9.10. The third-order valence-corrected chi connectivity index (χ3v) is 5.85. The number of thiocarbonyl (C=S) groups is 1. The van der Waals surface area contributed by atoms with Crippen LogP contribution in [0.25, 0.3) is 0 Å². The predicted octanol–water partition coefficient (Wildman–Crippen LogP) is 5.18. The van der Waals surface area contributed by atoms with Gasteiger partial charge in [-0.25, -0.2) is 9.59 Å². The molecule has 1 unspecified atom stereocenters. The standard InChI is InChI=1S/C23H25BrN4O3S/c1-4-28-14(3)19(21(29)31-5-2)20(27-23(28)32)15-7-6-8-18(13-15)26-22(30)25-17-11-9-16(24)10-12-17/h6-13,20H,4-5H2,1-3H3,(H,27,32)(H2,25,26,30). The number of allylic oxidation sites excluding steroid dienone is 1. The molecule has 1 aliphatic rings. The van der Waals surface area contributed by atoms with Crippen LogP contribution in [0.5, 0.6) is 0 Å². The molecule has 3 N–H and O–H groups in total. The Bertz CT molecular complexity index is 1060. The molecule has 0 aromatic heterocycles. The number of esters is 1. The number of amides is 2. The fourth-order valence-corrected chi connectivity index (χ4v) is 4.16. The van der Waals surface area contributed by atoms with Gasteiger partial charge in [0.1, 0.15) is 0 Å². The smallest absolute Gasteiger partial charge is 0.338 e. The minimum atomic E-state index is -0.486. The second-order valence-electron chi connectivity index (χ2n) is 7.06. The predicted molar refractivity (Wildman–Crippen MR) is 133 cm³/mol. The number of carbonyl (C=O) groups is 2. The van der Waals surface area contributed by atoms with Crippen molar-refractivity contribution in [2.45, 2.75) is 26.8 Å². The molecule has 9 heteroatoms. The maximum Gasteiger partial charge on any atom is 0.338 e. The number of carbonyl (C=O) groups excluding carboxylic acids is 2. The first-order valence-electron chi connectivity index (χ1n) is 10.2. The molecule has 168 valence electrons. The first-order valence-corrected chi connectivity index (χ1v) is 11.4. The summed E-state index contributed by atoms with van der Waals surface area (Å²) in [5, 5.41) is 9.40. The number of halogens is 1. The molecule has 1 heterocycles. The van der Waals surface area contributed by atoms with E-state index in [0.29, 0.717) is 28.6 Å². The van der Waals surface area contributed by atoms with E-state index in [1.165, 1.54) is 0 Å². The molecule has 1 atom stereocenters. The van der Waals surface area contributed by atoms with E-state index >= 15 is 0 Å². The molecular formula is C23H25BrN4O3S. The van der Waals surface area contributed by atoms with E-state index < -0.39 is 12.0 Å². The van der Waals surface area contributed by atoms with Gasteiger partial charge in [-0.2, -0.15) is 0 Å². The Balaban J connectivity index is 1.85. The summed E-state index contributed by atoms with van der Waals surface area (Å²) in [6, 6.07) is 13.7. The molecule has 1 aliphatic heterocycles. The Morgan fingerprint density at radius 3 is 2.47 bits per heavy atom. The van der Waals surface area contributed by atoms with Gasteiger partial charge in [0.05, 0.1) is 18.2 Å². The maximum absolute atomic E-state index is 12.8. The second-order valence-corrected chi connectivity index (χ2v) is 8.36. The van der Waals surface area contributed by atoms with Crippen LogP contribution < -0.4 is 16.0 Å². The van der Waals surface area contributed by atoms with E-state index in [-0.39, 0.29) is 12.6 Å². The molecule has 0 aliphatic carbocycles. The van der Waals surface area contributed by atoms with Crippen LogP contribution in [-0.4, -0.2) is 35.2 Å². The molecule has 2 aromatic rings. The summed E-state index contributed by atoms with van der Waals surface area (Å²) >= 11 is 8.88. The zero-order chi connectivity index (χ0) is 23.3. The second kappa shape index (κ2) is 10.6. The average molecular weight is 517 g/mol. The number of rotatable bonds is 6. The van der Waals surface area contributed by atoms with Crippen LogP contribution >= 0.6 is 28.1 Å². The van der Waals surface area contributed by atoms with Gasteiger partial charge in [0.2, 0.25) is 0 Å². The van der Waals surface area contributed by atoms with Gasteiger partial charge >= 0.3 is 12.0 Å². The summed E-state index contributed by atoms with van der Waals surface area (Å²) < 4.78 is 6.24. The highest BCUT2D eigenvalue weighted by Crippen LogP contribution is 2.32. The van der Waals surface area contributed by atoms with Gasteiger partial charge in [-0.05, 0) is 75.0 Å². The van der Waals surface area contributed by atoms with Crippen LogP contribution in [0, 0.1) is 0 Å². The lowest BCUT2D eigenvalue weighted by atomic mass is 9.94. The number of hydrogen-bond donors (Lipinski definition) is 3. The van der Waals surface area contributed by atoms with Crippen LogP contribution in [0.4, 0.5) is 16.2 Å². The van der Waals surface area contributed by atoms with Crippen LogP contribution in [-0.2, 0) is 9.53 Å². The van der Waals surface area contributed by atoms with Gasteiger partial charge < -0.3 is 25.6 Å². The summed E-state index contributed by atoms with van der Waals surface area (Å²) in [5.41, 5.74) is 3.30. The Kier molecular flexibility index (Phi) is 7.87. The van der Waals surface area contributed by atoms with Gasteiger partial charge in [0.25, 0.3) is 0 Å². The summed E-state index contributed by atoms with van der Waals surface area (Å²) in [4.78, 5) is 27.1. The Hall–Kier alpha value is -2.91. The largest absolute Gasteiger partial charge is 0.463 e. The van der Waals surface area contributed by atoms with Crippen LogP contribution in [0.1, 0.15) is 32.4 Å². The van der Waals surface area contributed by atoms with Gasteiger partial charge in [0.15, 0.2) is 5.11 Å². The van der Waals surface area contributed by atoms with E-state index in [2.05, 4.69) is 31.9 Å². The topological polar surface area (TPSA) is 82.7 Å². The molecule has 3 rings (SSSR count). The number of anilines is 2. The molecule has 32 heavy (non-hydrogen) atoms. The lowest BCUT2D eigenvalue weighted by molar-refractivity contribution is -0.139. The zero-order valence-electron chi connectivity index (χ0n) is 18.1. The number of benzene rings is 2. The quantitative estimate of drug-likeness (QED) is 0.362. The van der Waals surface area contributed by atoms with Crippen LogP contribution in [0.15, 0.2) is 64.3 Å². The van der Waals surface area contributed by atoms with Crippen molar-refractivity contribution in [3.8, 4) is 0 Å². The fourth-order valence-electron chi connectivity index (χ4n) is 3.51. The molecule has 0 spiro atoms. The number of ether oxygens (including phenoxy) is 1. The summed E-state index contributed by atoms with van der Waals surface area (Å²) in [6.07, 6.45) is 0. The van der Waals surface area contributed by atoms with E-state index in [9.17, 15) is 9.59 Å². The molecule has 0 saturated heterocycles. The number of nitrogens with zero attached hydrogens (tertiary/aromatic N) is 1. The van der Waals surface area contributed by atoms with Gasteiger partial charge in [-0.1, -0.05) is 28.1 Å². The number of hydrogen-bond acceptors (Lipinski definition) is 4. The first kappa shape index (κ1) is 23.7. The lowest BCUT2D eigenvalue weighted by Gasteiger charge is -2.37. The van der Waals surface area contributed by atoms with Crippen molar-refractivity contribution in [2.75, 3.05) is 23.8 Å². The normalized spacial score (nSPS) is 15.8. The third kappa shape index (κ3) is 5.46. The third-order valence-electron chi connectivity index (χ3n) is 4.99. The Morgan fingerprint density at radius 1 is 1.12 bits per heavy atom. The summed E-state index contributed by atoms with van der Waals surface area (Å²) in [7, 11) is 0. The van der Waals surface area contributed by atoms with Crippen molar-refractivity contribution in [2.24, 2.45) is 0 Å².